The zero-order chi connectivity index (χ0) is 14.3. The summed E-state index contributed by atoms with van der Waals surface area (Å²) in [4.78, 5) is 2.77. The first-order chi connectivity index (χ1) is 9.01. The van der Waals surface area contributed by atoms with E-state index in [1.54, 1.807) is 0 Å². The Morgan fingerprint density at radius 2 is 1.95 bits per heavy atom. The Balaban J connectivity index is 2.57. The van der Waals surface area contributed by atoms with Crippen LogP contribution in [-0.2, 0) is 0 Å². The highest BCUT2D eigenvalue weighted by molar-refractivity contribution is 4.86. The van der Waals surface area contributed by atoms with Crippen molar-refractivity contribution in [1.29, 1.82) is 0 Å². The summed E-state index contributed by atoms with van der Waals surface area (Å²) in [5, 5.41) is 3.68. The second-order valence-corrected chi connectivity index (χ2v) is 7.05. The summed E-state index contributed by atoms with van der Waals surface area (Å²) in [7, 11) is 0. The van der Waals surface area contributed by atoms with E-state index in [-0.39, 0.29) is 0 Å². The molecule has 1 N–H and O–H groups in total. The van der Waals surface area contributed by atoms with Crippen LogP contribution in [0.15, 0.2) is 0 Å². The largest absolute Gasteiger partial charge is 0.314 e. The minimum atomic E-state index is 0.354. The summed E-state index contributed by atoms with van der Waals surface area (Å²) in [6, 6.07) is 1.41. The Morgan fingerprint density at radius 3 is 2.58 bits per heavy atom. The van der Waals surface area contributed by atoms with Gasteiger partial charge < -0.3 is 5.32 Å². The van der Waals surface area contributed by atoms with E-state index in [2.05, 4.69) is 44.8 Å². The number of hydrogen-bond acceptors (Lipinski definition) is 2. The lowest BCUT2D eigenvalue weighted by Gasteiger charge is -2.40. The van der Waals surface area contributed by atoms with Gasteiger partial charge in [-0.1, -0.05) is 40.5 Å². The van der Waals surface area contributed by atoms with Crippen LogP contribution < -0.4 is 5.32 Å². The van der Waals surface area contributed by atoms with Gasteiger partial charge in [-0.25, -0.2) is 0 Å². The number of hydrogen-bond donors (Lipinski definition) is 1. The van der Waals surface area contributed by atoms with Gasteiger partial charge in [-0.3, -0.25) is 4.90 Å². The third-order valence-corrected chi connectivity index (χ3v) is 4.95. The molecule has 0 aliphatic carbocycles. The second kappa shape index (κ2) is 8.26. The summed E-state index contributed by atoms with van der Waals surface area (Å²) in [5.41, 5.74) is 0.354. The molecule has 1 fully saturated rings. The van der Waals surface area contributed by atoms with Crippen molar-refractivity contribution >= 4 is 0 Å². The maximum Gasteiger partial charge on any atom is 0.0102 e. The van der Waals surface area contributed by atoms with E-state index in [1.807, 2.05) is 0 Å². The number of rotatable bonds is 7. The first-order valence-electron chi connectivity index (χ1n) is 8.48. The Bertz CT molecular complexity index is 237. The van der Waals surface area contributed by atoms with Gasteiger partial charge in [0.25, 0.3) is 0 Å². The average Bonchev–Trinajstić information content (AvgIpc) is 2.60. The SMILES string of the molecule is CCCNC(C)C(C)(C)CN1CCCCCC1CC. The van der Waals surface area contributed by atoms with E-state index >= 15 is 0 Å². The van der Waals surface area contributed by atoms with Crippen molar-refractivity contribution < 1.29 is 0 Å². The summed E-state index contributed by atoms with van der Waals surface area (Å²) in [6.07, 6.45) is 8.19. The van der Waals surface area contributed by atoms with Crippen LogP contribution in [-0.4, -0.2) is 36.6 Å². The normalized spacial score (nSPS) is 24.2. The molecule has 1 aliphatic heterocycles. The molecule has 0 spiro atoms. The molecule has 1 heterocycles. The molecule has 2 nitrogen and oxygen atoms in total. The molecule has 1 aliphatic rings. The zero-order valence-electron chi connectivity index (χ0n) is 14.0. The average molecular weight is 268 g/mol. The molecule has 2 heteroatoms. The summed E-state index contributed by atoms with van der Waals surface area (Å²) in [6.45, 7) is 15.5. The van der Waals surface area contributed by atoms with Crippen LogP contribution in [0, 0.1) is 5.41 Å². The van der Waals surface area contributed by atoms with Crippen LogP contribution in [0.3, 0.4) is 0 Å². The van der Waals surface area contributed by atoms with Crippen LogP contribution in [0.1, 0.15) is 73.1 Å². The first-order valence-corrected chi connectivity index (χ1v) is 8.48. The minimum absolute atomic E-state index is 0.354. The molecule has 2 unspecified atom stereocenters. The van der Waals surface area contributed by atoms with Gasteiger partial charge in [0.15, 0.2) is 0 Å². The van der Waals surface area contributed by atoms with Gasteiger partial charge in [-0.05, 0) is 51.1 Å². The maximum atomic E-state index is 3.68. The van der Waals surface area contributed by atoms with Crippen molar-refractivity contribution in [3.8, 4) is 0 Å². The van der Waals surface area contributed by atoms with E-state index < -0.39 is 0 Å². The molecule has 0 radical (unpaired) electrons. The van der Waals surface area contributed by atoms with Gasteiger partial charge in [0.05, 0.1) is 0 Å². The zero-order valence-corrected chi connectivity index (χ0v) is 14.0. The molecule has 0 aromatic carbocycles. The molecular formula is C17H36N2. The highest BCUT2D eigenvalue weighted by atomic mass is 15.2. The van der Waals surface area contributed by atoms with Crippen molar-refractivity contribution in [2.45, 2.75) is 85.2 Å². The quantitative estimate of drug-likeness (QED) is 0.749. The molecule has 0 amide bonds. The Kier molecular flexibility index (Phi) is 7.38. The Morgan fingerprint density at radius 1 is 1.21 bits per heavy atom. The highest BCUT2D eigenvalue weighted by Gasteiger charge is 2.30. The maximum absolute atomic E-state index is 3.68. The molecular weight excluding hydrogens is 232 g/mol. The van der Waals surface area contributed by atoms with Crippen molar-refractivity contribution in [1.82, 2.24) is 10.2 Å². The lowest BCUT2D eigenvalue weighted by molar-refractivity contribution is 0.104. The van der Waals surface area contributed by atoms with Gasteiger partial charge in [-0.2, -0.15) is 0 Å². The lowest BCUT2D eigenvalue weighted by Crippen LogP contribution is -2.49. The van der Waals surface area contributed by atoms with Crippen molar-refractivity contribution in [3.05, 3.63) is 0 Å². The fourth-order valence-electron chi connectivity index (χ4n) is 3.20. The van der Waals surface area contributed by atoms with Crippen LogP contribution in [0.25, 0.3) is 0 Å². The lowest BCUT2D eigenvalue weighted by atomic mass is 9.84. The summed E-state index contributed by atoms with van der Waals surface area (Å²) in [5.74, 6) is 0. The van der Waals surface area contributed by atoms with Crippen molar-refractivity contribution in [2.24, 2.45) is 5.41 Å². The number of nitrogens with one attached hydrogen (secondary N) is 1. The third kappa shape index (κ3) is 5.43. The predicted octanol–water partition coefficient (Wildman–Crippen LogP) is 4.06. The topological polar surface area (TPSA) is 15.3 Å². The van der Waals surface area contributed by atoms with E-state index in [4.69, 9.17) is 0 Å². The Labute approximate surface area is 121 Å². The van der Waals surface area contributed by atoms with Gasteiger partial charge in [0.2, 0.25) is 0 Å². The van der Waals surface area contributed by atoms with Crippen LogP contribution in [0.5, 0.6) is 0 Å². The van der Waals surface area contributed by atoms with E-state index in [9.17, 15) is 0 Å². The van der Waals surface area contributed by atoms with Gasteiger partial charge >= 0.3 is 0 Å². The second-order valence-electron chi connectivity index (χ2n) is 7.05. The fourth-order valence-corrected chi connectivity index (χ4v) is 3.20. The van der Waals surface area contributed by atoms with E-state index in [0.29, 0.717) is 11.5 Å². The van der Waals surface area contributed by atoms with Crippen molar-refractivity contribution in [3.63, 3.8) is 0 Å². The smallest absolute Gasteiger partial charge is 0.0102 e. The minimum Gasteiger partial charge on any atom is -0.314 e. The summed E-state index contributed by atoms with van der Waals surface area (Å²) >= 11 is 0. The van der Waals surface area contributed by atoms with Crippen LogP contribution in [0.2, 0.25) is 0 Å². The molecule has 0 bridgehead atoms. The number of nitrogens with zero attached hydrogens (tertiary/aromatic N) is 1. The molecule has 0 saturated carbocycles. The number of likely N-dealkylation sites (tertiary alicyclic amines) is 1. The summed E-state index contributed by atoms with van der Waals surface area (Å²) < 4.78 is 0. The molecule has 1 rings (SSSR count). The van der Waals surface area contributed by atoms with Crippen LogP contribution in [0.4, 0.5) is 0 Å². The fraction of sp³-hybridized carbons (Fsp3) is 1.00. The highest BCUT2D eigenvalue weighted by Crippen LogP contribution is 2.27. The third-order valence-electron chi connectivity index (χ3n) is 4.95. The monoisotopic (exact) mass is 268 g/mol. The molecule has 0 aromatic rings. The van der Waals surface area contributed by atoms with Crippen LogP contribution >= 0.6 is 0 Å². The van der Waals surface area contributed by atoms with E-state index in [1.165, 1.54) is 51.6 Å². The molecule has 114 valence electrons. The van der Waals surface area contributed by atoms with E-state index in [0.717, 1.165) is 12.6 Å². The first kappa shape index (κ1) is 17.0. The molecule has 0 aromatic heterocycles. The Hall–Kier alpha value is -0.0800. The van der Waals surface area contributed by atoms with Gasteiger partial charge in [0, 0.05) is 18.6 Å². The molecule has 1 saturated heterocycles. The molecule has 19 heavy (non-hydrogen) atoms. The van der Waals surface area contributed by atoms with Crippen molar-refractivity contribution in [2.75, 3.05) is 19.6 Å². The standard InChI is InChI=1S/C17H36N2/c1-6-12-18-15(3)17(4,5)14-19-13-10-8-9-11-16(19)7-2/h15-16,18H,6-14H2,1-5H3. The predicted molar refractivity (Wildman–Crippen MR) is 85.7 cm³/mol. The molecule has 2 atom stereocenters. The van der Waals surface area contributed by atoms with Gasteiger partial charge in [-0.15, -0.1) is 0 Å². The van der Waals surface area contributed by atoms with Gasteiger partial charge in [0.1, 0.15) is 0 Å².